The Labute approximate surface area is 99.3 Å². The molecule has 2 aromatic rings. The molecule has 0 saturated heterocycles. The fraction of sp³-hybridized carbons (Fsp3) is 0.417. The van der Waals surface area contributed by atoms with Crippen molar-refractivity contribution in [2.24, 2.45) is 0 Å². The molecule has 0 aromatic carbocycles. The first-order valence-electron chi connectivity index (χ1n) is 5.88. The monoisotopic (exact) mass is 230 g/mol. The molecule has 88 valence electrons. The first-order chi connectivity index (χ1) is 8.42. The normalized spacial score (nSPS) is 15.1. The van der Waals surface area contributed by atoms with Gasteiger partial charge < -0.3 is 9.84 Å². The van der Waals surface area contributed by atoms with Gasteiger partial charge in [0, 0.05) is 37.0 Å². The third kappa shape index (κ3) is 2.68. The van der Waals surface area contributed by atoms with E-state index in [2.05, 4.69) is 20.4 Å². The van der Waals surface area contributed by atoms with Crippen molar-refractivity contribution in [3.63, 3.8) is 0 Å². The molecule has 0 unspecified atom stereocenters. The number of aromatic nitrogens is 3. The van der Waals surface area contributed by atoms with Gasteiger partial charge in [0.15, 0.2) is 0 Å². The Hall–Kier alpha value is -1.75. The van der Waals surface area contributed by atoms with Crippen LogP contribution in [0.1, 0.15) is 18.7 Å². The van der Waals surface area contributed by atoms with Crippen molar-refractivity contribution >= 4 is 0 Å². The quantitative estimate of drug-likeness (QED) is 0.841. The van der Waals surface area contributed by atoms with Crippen LogP contribution in [0, 0.1) is 0 Å². The lowest BCUT2D eigenvalue weighted by atomic mass is 10.3. The summed E-state index contributed by atoms with van der Waals surface area (Å²) in [5.74, 6) is 1.29. The van der Waals surface area contributed by atoms with Gasteiger partial charge in [-0.1, -0.05) is 5.16 Å². The Morgan fingerprint density at radius 1 is 1.41 bits per heavy atom. The highest BCUT2D eigenvalue weighted by atomic mass is 16.5. The van der Waals surface area contributed by atoms with E-state index in [1.165, 1.54) is 12.8 Å². The van der Waals surface area contributed by atoms with Crippen molar-refractivity contribution in [3.05, 3.63) is 30.4 Å². The van der Waals surface area contributed by atoms with E-state index in [9.17, 15) is 0 Å². The summed E-state index contributed by atoms with van der Waals surface area (Å²) in [5, 5.41) is 7.36. The fourth-order valence-electron chi connectivity index (χ4n) is 1.64. The van der Waals surface area contributed by atoms with Gasteiger partial charge in [0.05, 0.1) is 0 Å². The van der Waals surface area contributed by atoms with Gasteiger partial charge in [-0.2, -0.15) is 4.98 Å². The summed E-state index contributed by atoms with van der Waals surface area (Å²) in [5.41, 5.74) is 0.887. The largest absolute Gasteiger partial charge is 0.339 e. The molecule has 1 fully saturated rings. The van der Waals surface area contributed by atoms with E-state index in [-0.39, 0.29) is 0 Å². The number of rotatable bonds is 5. The molecular weight excluding hydrogens is 216 g/mol. The Kier molecular flexibility index (Phi) is 2.83. The summed E-state index contributed by atoms with van der Waals surface area (Å²) >= 11 is 0. The van der Waals surface area contributed by atoms with E-state index in [1.54, 1.807) is 12.4 Å². The molecule has 0 aliphatic heterocycles. The number of pyridine rings is 1. The van der Waals surface area contributed by atoms with E-state index >= 15 is 0 Å². The number of nitrogens with one attached hydrogen (secondary N) is 1. The van der Waals surface area contributed by atoms with Crippen molar-refractivity contribution in [1.82, 2.24) is 20.4 Å². The van der Waals surface area contributed by atoms with E-state index in [4.69, 9.17) is 4.52 Å². The molecule has 0 atom stereocenters. The van der Waals surface area contributed by atoms with Crippen molar-refractivity contribution in [2.75, 3.05) is 6.54 Å². The third-order valence-corrected chi connectivity index (χ3v) is 2.74. The average Bonchev–Trinajstić information content (AvgIpc) is 3.07. The maximum absolute atomic E-state index is 5.19. The summed E-state index contributed by atoms with van der Waals surface area (Å²) in [4.78, 5) is 8.37. The molecular formula is C12H14N4O. The molecule has 5 heteroatoms. The molecule has 1 N–H and O–H groups in total. The molecule has 3 rings (SSSR count). The SMILES string of the molecule is c1cncc(-c2noc(CCNC3CC3)n2)c1. The van der Waals surface area contributed by atoms with Crippen LogP contribution >= 0.6 is 0 Å². The minimum absolute atomic E-state index is 0.611. The Balaban J connectivity index is 1.61. The van der Waals surface area contributed by atoms with Gasteiger partial charge in [-0.3, -0.25) is 4.98 Å². The Morgan fingerprint density at radius 3 is 3.12 bits per heavy atom. The Bertz CT molecular complexity index is 478. The predicted octanol–water partition coefficient (Wildman–Crippen LogP) is 1.43. The van der Waals surface area contributed by atoms with Gasteiger partial charge in [0.25, 0.3) is 0 Å². The molecule has 1 aliphatic carbocycles. The van der Waals surface area contributed by atoms with Gasteiger partial charge in [0.2, 0.25) is 11.7 Å². The summed E-state index contributed by atoms with van der Waals surface area (Å²) < 4.78 is 5.19. The van der Waals surface area contributed by atoms with Crippen LogP contribution in [0.25, 0.3) is 11.4 Å². The van der Waals surface area contributed by atoms with Gasteiger partial charge in [-0.25, -0.2) is 0 Å². The van der Waals surface area contributed by atoms with Gasteiger partial charge in [0.1, 0.15) is 0 Å². The van der Waals surface area contributed by atoms with Gasteiger partial charge >= 0.3 is 0 Å². The summed E-state index contributed by atoms with van der Waals surface area (Å²) in [6, 6.07) is 4.50. The molecule has 1 aliphatic rings. The van der Waals surface area contributed by atoms with Crippen molar-refractivity contribution in [2.45, 2.75) is 25.3 Å². The van der Waals surface area contributed by atoms with Crippen LogP contribution in [0.2, 0.25) is 0 Å². The molecule has 0 spiro atoms. The van der Waals surface area contributed by atoms with Crippen LogP contribution < -0.4 is 5.32 Å². The Morgan fingerprint density at radius 2 is 2.35 bits per heavy atom. The second kappa shape index (κ2) is 4.63. The van der Waals surface area contributed by atoms with Crippen LogP contribution in [-0.2, 0) is 6.42 Å². The number of nitrogens with zero attached hydrogens (tertiary/aromatic N) is 3. The summed E-state index contributed by atoms with van der Waals surface area (Å²) in [7, 11) is 0. The predicted molar refractivity (Wildman–Crippen MR) is 62.3 cm³/mol. The topological polar surface area (TPSA) is 63.8 Å². The highest BCUT2D eigenvalue weighted by Crippen LogP contribution is 2.18. The molecule has 1 saturated carbocycles. The lowest BCUT2D eigenvalue weighted by Crippen LogP contribution is -2.19. The zero-order valence-corrected chi connectivity index (χ0v) is 9.47. The molecule has 2 heterocycles. The highest BCUT2D eigenvalue weighted by Gasteiger charge is 2.20. The lowest BCUT2D eigenvalue weighted by molar-refractivity contribution is 0.376. The standard InChI is InChI=1S/C12H14N4O/c1-2-9(8-13-6-1)12-15-11(17-16-12)5-7-14-10-3-4-10/h1-2,6,8,10,14H,3-5,7H2. The average molecular weight is 230 g/mol. The maximum atomic E-state index is 5.19. The number of hydrogen-bond donors (Lipinski definition) is 1. The second-order valence-electron chi connectivity index (χ2n) is 4.23. The smallest absolute Gasteiger partial charge is 0.228 e. The molecule has 0 bridgehead atoms. The highest BCUT2D eigenvalue weighted by molar-refractivity contribution is 5.51. The minimum Gasteiger partial charge on any atom is -0.339 e. The van der Waals surface area contributed by atoms with E-state index < -0.39 is 0 Å². The number of hydrogen-bond acceptors (Lipinski definition) is 5. The lowest BCUT2D eigenvalue weighted by Gasteiger charge is -1.97. The van der Waals surface area contributed by atoms with Crippen LogP contribution in [0.5, 0.6) is 0 Å². The van der Waals surface area contributed by atoms with Crippen LogP contribution in [0.3, 0.4) is 0 Å². The third-order valence-electron chi connectivity index (χ3n) is 2.74. The molecule has 5 nitrogen and oxygen atoms in total. The molecule has 2 aromatic heterocycles. The molecule has 0 amide bonds. The van der Waals surface area contributed by atoms with Gasteiger partial charge in [-0.15, -0.1) is 0 Å². The second-order valence-corrected chi connectivity index (χ2v) is 4.23. The van der Waals surface area contributed by atoms with Crippen molar-refractivity contribution in [1.29, 1.82) is 0 Å². The van der Waals surface area contributed by atoms with E-state index in [0.29, 0.717) is 11.7 Å². The summed E-state index contributed by atoms with van der Waals surface area (Å²) in [6.07, 6.45) is 6.83. The van der Waals surface area contributed by atoms with Crippen molar-refractivity contribution < 1.29 is 4.52 Å². The first kappa shape index (κ1) is 10.4. The fourth-order valence-corrected chi connectivity index (χ4v) is 1.64. The van der Waals surface area contributed by atoms with E-state index in [1.807, 2.05) is 12.1 Å². The molecule has 17 heavy (non-hydrogen) atoms. The maximum Gasteiger partial charge on any atom is 0.228 e. The van der Waals surface area contributed by atoms with Crippen LogP contribution in [-0.4, -0.2) is 27.7 Å². The van der Waals surface area contributed by atoms with Crippen molar-refractivity contribution in [3.8, 4) is 11.4 Å². The zero-order chi connectivity index (χ0) is 11.5. The van der Waals surface area contributed by atoms with Crippen LogP contribution in [0.4, 0.5) is 0 Å². The first-order valence-corrected chi connectivity index (χ1v) is 5.88. The summed E-state index contributed by atoms with van der Waals surface area (Å²) in [6.45, 7) is 0.902. The minimum atomic E-state index is 0.611. The molecule has 0 radical (unpaired) electrons. The van der Waals surface area contributed by atoms with E-state index in [0.717, 1.165) is 24.6 Å². The van der Waals surface area contributed by atoms with Crippen LogP contribution in [0.15, 0.2) is 29.0 Å². The zero-order valence-electron chi connectivity index (χ0n) is 9.47. The van der Waals surface area contributed by atoms with Gasteiger partial charge in [-0.05, 0) is 25.0 Å².